The van der Waals surface area contributed by atoms with Crippen molar-refractivity contribution in [1.29, 1.82) is 0 Å². The Morgan fingerprint density at radius 1 is 1.44 bits per heavy atom. The van der Waals surface area contributed by atoms with Crippen molar-refractivity contribution in [3.05, 3.63) is 22.9 Å². The molecule has 0 atom stereocenters. The van der Waals surface area contributed by atoms with Crippen LogP contribution in [0.25, 0.3) is 0 Å². The Balaban J connectivity index is 1.99. The summed E-state index contributed by atoms with van der Waals surface area (Å²) in [5, 5.41) is 11.8. The third-order valence-electron chi connectivity index (χ3n) is 3.25. The summed E-state index contributed by atoms with van der Waals surface area (Å²) in [5.74, 6) is -1.16. The lowest BCUT2D eigenvalue weighted by molar-refractivity contribution is -0.157. The first-order valence-corrected chi connectivity index (χ1v) is 6.45. The standard InChI is InChI=1S/C12H13BrN2O3/c13-8-4-9(7-14-6-8)15-10(16)5-12(11(17)18)2-1-3-12/h4,6-7H,1-3,5H2,(H,15,16)(H,17,18). The van der Waals surface area contributed by atoms with E-state index in [0.717, 1.165) is 10.9 Å². The van der Waals surface area contributed by atoms with Gasteiger partial charge in [-0.1, -0.05) is 6.42 Å². The predicted octanol–water partition coefficient (Wildman–Crippen LogP) is 2.43. The van der Waals surface area contributed by atoms with E-state index in [2.05, 4.69) is 26.2 Å². The summed E-state index contributed by atoms with van der Waals surface area (Å²) in [4.78, 5) is 26.9. The summed E-state index contributed by atoms with van der Waals surface area (Å²) in [6.45, 7) is 0. The highest BCUT2D eigenvalue weighted by molar-refractivity contribution is 9.10. The number of anilines is 1. The number of carboxylic acid groups (broad SMARTS) is 1. The van der Waals surface area contributed by atoms with E-state index < -0.39 is 11.4 Å². The molecule has 1 amide bonds. The molecule has 0 bridgehead atoms. The Hall–Kier alpha value is -1.43. The molecule has 0 unspecified atom stereocenters. The number of hydrogen-bond donors (Lipinski definition) is 2. The summed E-state index contributed by atoms with van der Waals surface area (Å²) in [6.07, 6.45) is 5.18. The molecule has 1 aromatic rings. The quantitative estimate of drug-likeness (QED) is 0.895. The lowest BCUT2D eigenvalue weighted by Crippen LogP contribution is -2.41. The molecule has 0 aliphatic heterocycles. The molecule has 1 heterocycles. The average Bonchev–Trinajstić information content (AvgIpc) is 2.23. The van der Waals surface area contributed by atoms with Gasteiger partial charge in [0.1, 0.15) is 0 Å². The molecule has 5 nitrogen and oxygen atoms in total. The van der Waals surface area contributed by atoms with Gasteiger partial charge in [0.2, 0.25) is 5.91 Å². The minimum atomic E-state index is -0.878. The maximum absolute atomic E-state index is 11.8. The number of nitrogens with zero attached hydrogens (tertiary/aromatic N) is 1. The number of pyridine rings is 1. The van der Waals surface area contributed by atoms with Crippen molar-refractivity contribution in [1.82, 2.24) is 4.98 Å². The normalized spacial score (nSPS) is 16.7. The molecule has 96 valence electrons. The number of aliphatic carboxylic acids is 1. The third-order valence-corrected chi connectivity index (χ3v) is 3.69. The van der Waals surface area contributed by atoms with Crippen LogP contribution in [-0.2, 0) is 9.59 Å². The number of nitrogens with one attached hydrogen (secondary N) is 1. The van der Waals surface area contributed by atoms with Gasteiger partial charge in [-0.05, 0) is 34.8 Å². The van der Waals surface area contributed by atoms with Crippen LogP contribution >= 0.6 is 15.9 Å². The highest BCUT2D eigenvalue weighted by Crippen LogP contribution is 2.44. The lowest BCUT2D eigenvalue weighted by Gasteiger charge is -2.36. The van der Waals surface area contributed by atoms with Gasteiger partial charge in [-0.2, -0.15) is 0 Å². The van der Waals surface area contributed by atoms with Crippen LogP contribution in [-0.4, -0.2) is 22.0 Å². The van der Waals surface area contributed by atoms with Crippen molar-refractivity contribution in [2.24, 2.45) is 5.41 Å². The van der Waals surface area contributed by atoms with Crippen LogP contribution in [0.3, 0.4) is 0 Å². The maximum atomic E-state index is 11.8. The molecule has 0 aromatic carbocycles. The first kappa shape index (κ1) is 13.0. The number of aromatic nitrogens is 1. The summed E-state index contributed by atoms with van der Waals surface area (Å²) in [6, 6.07) is 1.72. The van der Waals surface area contributed by atoms with Crippen molar-refractivity contribution in [2.45, 2.75) is 25.7 Å². The van der Waals surface area contributed by atoms with Crippen LogP contribution in [0, 0.1) is 5.41 Å². The summed E-state index contributed by atoms with van der Waals surface area (Å²) < 4.78 is 0.761. The first-order valence-electron chi connectivity index (χ1n) is 5.66. The largest absolute Gasteiger partial charge is 0.481 e. The average molecular weight is 313 g/mol. The zero-order valence-electron chi connectivity index (χ0n) is 9.65. The Bertz CT molecular complexity index is 486. The van der Waals surface area contributed by atoms with Crippen LogP contribution in [0.4, 0.5) is 5.69 Å². The summed E-state index contributed by atoms with van der Waals surface area (Å²) in [5.41, 5.74) is -0.294. The number of rotatable bonds is 4. The number of amides is 1. The van der Waals surface area contributed by atoms with E-state index in [1.54, 1.807) is 12.3 Å². The SMILES string of the molecule is O=C(CC1(C(=O)O)CCC1)Nc1cncc(Br)c1. The molecule has 0 radical (unpaired) electrons. The Morgan fingerprint density at radius 3 is 2.67 bits per heavy atom. The summed E-state index contributed by atoms with van der Waals surface area (Å²) in [7, 11) is 0. The number of carboxylic acids is 1. The Kier molecular flexibility index (Phi) is 3.65. The van der Waals surface area contributed by atoms with Gasteiger partial charge in [-0.3, -0.25) is 14.6 Å². The van der Waals surface area contributed by atoms with E-state index in [9.17, 15) is 9.59 Å². The van der Waals surface area contributed by atoms with Gasteiger partial charge < -0.3 is 10.4 Å². The van der Waals surface area contributed by atoms with Crippen LogP contribution in [0.5, 0.6) is 0 Å². The van der Waals surface area contributed by atoms with Gasteiger partial charge in [-0.25, -0.2) is 0 Å². The third kappa shape index (κ3) is 2.69. The fourth-order valence-electron chi connectivity index (χ4n) is 2.06. The fourth-order valence-corrected chi connectivity index (χ4v) is 2.43. The second-order valence-electron chi connectivity index (χ2n) is 4.56. The van der Waals surface area contributed by atoms with Gasteiger partial charge >= 0.3 is 5.97 Å². The molecule has 1 saturated carbocycles. The second-order valence-corrected chi connectivity index (χ2v) is 5.47. The molecule has 1 fully saturated rings. The van der Waals surface area contributed by atoms with E-state index >= 15 is 0 Å². The number of carbonyl (C=O) groups is 2. The van der Waals surface area contributed by atoms with Crippen molar-refractivity contribution in [3.8, 4) is 0 Å². The van der Waals surface area contributed by atoms with Crippen LogP contribution in [0.15, 0.2) is 22.9 Å². The number of hydrogen-bond acceptors (Lipinski definition) is 3. The minimum Gasteiger partial charge on any atom is -0.481 e. The van der Waals surface area contributed by atoms with Gasteiger partial charge in [0.25, 0.3) is 0 Å². The van der Waals surface area contributed by atoms with Gasteiger partial charge in [-0.15, -0.1) is 0 Å². The minimum absolute atomic E-state index is 0.0227. The highest BCUT2D eigenvalue weighted by Gasteiger charge is 2.45. The zero-order valence-corrected chi connectivity index (χ0v) is 11.2. The van der Waals surface area contributed by atoms with Crippen LogP contribution in [0.1, 0.15) is 25.7 Å². The molecule has 0 spiro atoms. The zero-order chi connectivity index (χ0) is 13.2. The summed E-state index contributed by atoms with van der Waals surface area (Å²) >= 11 is 3.25. The molecule has 2 rings (SSSR count). The number of carbonyl (C=O) groups excluding carboxylic acids is 1. The van der Waals surface area contributed by atoms with Crippen molar-refractivity contribution in [3.63, 3.8) is 0 Å². The van der Waals surface area contributed by atoms with E-state index in [-0.39, 0.29) is 12.3 Å². The molecule has 1 aromatic heterocycles. The molecular weight excluding hydrogens is 300 g/mol. The molecular formula is C12H13BrN2O3. The topological polar surface area (TPSA) is 79.3 Å². The van der Waals surface area contributed by atoms with E-state index in [4.69, 9.17) is 5.11 Å². The molecule has 0 saturated heterocycles. The Morgan fingerprint density at radius 2 is 2.17 bits per heavy atom. The van der Waals surface area contributed by atoms with E-state index in [1.165, 1.54) is 6.20 Å². The lowest BCUT2D eigenvalue weighted by atomic mass is 9.66. The predicted molar refractivity (Wildman–Crippen MR) is 69.1 cm³/mol. The van der Waals surface area contributed by atoms with Crippen molar-refractivity contribution < 1.29 is 14.7 Å². The van der Waals surface area contributed by atoms with Gasteiger partial charge in [0.05, 0.1) is 17.3 Å². The highest BCUT2D eigenvalue weighted by atomic mass is 79.9. The van der Waals surface area contributed by atoms with E-state index in [1.807, 2.05) is 0 Å². The van der Waals surface area contributed by atoms with Gasteiger partial charge in [0.15, 0.2) is 0 Å². The second kappa shape index (κ2) is 5.06. The van der Waals surface area contributed by atoms with Crippen molar-refractivity contribution >= 4 is 33.5 Å². The fraction of sp³-hybridized carbons (Fsp3) is 0.417. The molecule has 6 heteroatoms. The monoisotopic (exact) mass is 312 g/mol. The first-order chi connectivity index (χ1) is 8.52. The molecule has 18 heavy (non-hydrogen) atoms. The molecule has 1 aliphatic carbocycles. The van der Waals surface area contributed by atoms with Crippen molar-refractivity contribution in [2.75, 3.05) is 5.32 Å². The smallest absolute Gasteiger partial charge is 0.310 e. The molecule has 1 aliphatic rings. The Labute approximate surface area is 113 Å². The maximum Gasteiger partial charge on any atom is 0.310 e. The van der Waals surface area contributed by atoms with E-state index in [0.29, 0.717) is 18.5 Å². The van der Waals surface area contributed by atoms with Crippen LogP contribution < -0.4 is 5.32 Å². The molecule has 2 N–H and O–H groups in total. The van der Waals surface area contributed by atoms with Gasteiger partial charge in [0, 0.05) is 17.1 Å². The van der Waals surface area contributed by atoms with Crippen LogP contribution in [0.2, 0.25) is 0 Å². The number of halogens is 1.